The summed E-state index contributed by atoms with van der Waals surface area (Å²) in [6.45, 7) is 4.15. The fraction of sp³-hybridized carbons (Fsp3) is 0.231. The Hall–Kier alpha value is -1.78. The minimum absolute atomic E-state index is 0.0743. The van der Waals surface area contributed by atoms with Crippen molar-refractivity contribution in [3.05, 3.63) is 59.2 Å². The van der Waals surface area contributed by atoms with E-state index in [1.54, 1.807) is 12.4 Å². The summed E-state index contributed by atoms with van der Waals surface area (Å²) in [6, 6.07) is 6.29. The van der Waals surface area contributed by atoms with Gasteiger partial charge in [-0.25, -0.2) is 15.4 Å². The number of hydrogen-bond donors (Lipinski definition) is 2. The molecule has 0 saturated heterocycles. The number of nitrogens with zero attached hydrogens (tertiary/aromatic N) is 2. The van der Waals surface area contributed by atoms with E-state index in [9.17, 15) is 0 Å². The van der Waals surface area contributed by atoms with Crippen molar-refractivity contribution < 1.29 is 0 Å². The van der Waals surface area contributed by atoms with Crippen LogP contribution in [0.4, 0.5) is 0 Å². The fourth-order valence-electron chi connectivity index (χ4n) is 2.02. The summed E-state index contributed by atoms with van der Waals surface area (Å²) in [5, 5.41) is 0. The summed E-state index contributed by atoms with van der Waals surface area (Å²) in [6.07, 6.45) is 5.06. The lowest BCUT2D eigenvalue weighted by Crippen LogP contribution is -2.29. The summed E-state index contributed by atoms with van der Waals surface area (Å²) < 4.78 is 0. The maximum Gasteiger partial charge on any atom is 0.115 e. The molecule has 4 heteroatoms. The Morgan fingerprint density at radius 3 is 2.12 bits per heavy atom. The van der Waals surface area contributed by atoms with Gasteiger partial charge in [-0.15, -0.1) is 0 Å². The van der Waals surface area contributed by atoms with Crippen LogP contribution in [-0.2, 0) is 0 Å². The molecule has 0 amide bonds. The van der Waals surface area contributed by atoms with Gasteiger partial charge in [0, 0.05) is 18.0 Å². The van der Waals surface area contributed by atoms with Crippen molar-refractivity contribution in [3.63, 3.8) is 0 Å². The Kier molecular flexibility index (Phi) is 3.46. The standard InChI is InChI=1S/C13H16N4/c1-9-3-10(2)5-11(4-9)13(17-14)12-6-15-8-16-7-12/h3-8,13,17H,14H2,1-2H3. The van der Waals surface area contributed by atoms with E-state index < -0.39 is 0 Å². The first-order valence-corrected chi connectivity index (χ1v) is 5.50. The SMILES string of the molecule is Cc1cc(C)cc(C(NN)c2cncnc2)c1. The molecule has 1 aromatic carbocycles. The summed E-state index contributed by atoms with van der Waals surface area (Å²) >= 11 is 0. The third kappa shape index (κ3) is 2.67. The Morgan fingerprint density at radius 1 is 1.00 bits per heavy atom. The van der Waals surface area contributed by atoms with Crippen LogP contribution in [0.15, 0.2) is 36.9 Å². The number of hydrazine groups is 1. The molecular weight excluding hydrogens is 212 g/mol. The molecule has 3 N–H and O–H groups in total. The molecule has 2 aromatic rings. The maximum absolute atomic E-state index is 5.63. The first-order valence-electron chi connectivity index (χ1n) is 5.50. The third-order valence-electron chi connectivity index (χ3n) is 2.66. The number of nitrogens with one attached hydrogen (secondary N) is 1. The minimum atomic E-state index is -0.0743. The summed E-state index contributed by atoms with van der Waals surface area (Å²) in [7, 11) is 0. The number of hydrogen-bond acceptors (Lipinski definition) is 4. The molecule has 4 nitrogen and oxygen atoms in total. The van der Waals surface area contributed by atoms with E-state index in [1.165, 1.54) is 17.5 Å². The topological polar surface area (TPSA) is 63.8 Å². The van der Waals surface area contributed by atoms with Crippen LogP contribution < -0.4 is 11.3 Å². The Bertz CT molecular complexity index is 476. The molecule has 1 atom stereocenters. The van der Waals surface area contributed by atoms with Crippen LogP contribution in [0.3, 0.4) is 0 Å². The van der Waals surface area contributed by atoms with Crippen molar-refractivity contribution in [1.82, 2.24) is 15.4 Å². The van der Waals surface area contributed by atoms with Crippen molar-refractivity contribution in [3.8, 4) is 0 Å². The normalized spacial score (nSPS) is 12.4. The van der Waals surface area contributed by atoms with Gasteiger partial charge < -0.3 is 0 Å². The second-order valence-electron chi connectivity index (χ2n) is 4.19. The number of aromatic nitrogens is 2. The van der Waals surface area contributed by atoms with Crippen molar-refractivity contribution >= 4 is 0 Å². The molecule has 0 aliphatic rings. The molecule has 0 aliphatic carbocycles. The molecule has 1 unspecified atom stereocenters. The second kappa shape index (κ2) is 5.03. The molecule has 0 bridgehead atoms. The predicted molar refractivity (Wildman–Crippen MR) is 67.1 cm³/mol. The van der Waals surface area contributed by atoms with E-state index in [0.717, 1.165) is 11.1 Å². The van der Waals surface area contributed by atoms with Crippen LogP contribution in [0.25, 0.3) is 0 Å². The van der Waals surface area contributed by atoms with Crippen LogP contribution in [0.1, 0.15) is 28.3 Å². The van der Waals surface area contributed by atoms with Crippen LogP contribution in [0.2, 0.25) is 0 Å². The highest BCUT2D eigenvalue weighted by atomic mass is 15.2. The highest BCUT2D eigenvalue weighted by Gasteiger charge is 2.13. The minimum Gasteiger partial charge on any atom is -0.271 e. The molecular formula is C13H16N4. The number of benzene rings is 1. The van der Waals surface area contributed by atoms with E-state index >= 15 is 0 Å². The summed E-state index contributed by atoms with van der Waals surface area (Å²) in [5.74, 6) is 5.63. The van der Waals surface area contributed by atoms with Gasteiger partial charge in [-0.05, 0) is 19.4 Å². The molecule has 1 heterocycles. The molecule has 0 saturated carbocycles. The lowest BCUT2D eigenvalue weighted by Gasteiger charge is -2.17. The maximum atomic E-state index is 5.63. The zero-order valence-electron chi connectivity index (χ0n) is 10.0. The zero-order valence-corrected chi connectivity index (χ0v) is 10.0. The van der Waals surface area contributed by atoms with Crippen molar-refractivity contribution in [2.45, 2.75) is 19.9 Å². The average molecular weight is 228 g/mol. The molecule has 88 valence electrons. The van der Waals surface area contributed by atoms with Crippen molar-refractivity contribution in [2.75, 3.05) is 0 Å². The van der Waals surface area contributed by atoms with Gasteiger partial charge in [0.05, 0.1) is 6.04 Å². The van der Waals surface area contributed by atoms with Gasteiger partial charge in [0.2, 0.25) is 0 Å². The summed E-state index contributed by atoms with van der Waals surface area (Å²) in [5.41, 5.74) is 7.33. The Morgan fingerprint density at radius 2 is 1.59 bits per heavy atom. The van der Waals surface area contributed by atoms with E-state index in [4.69, 9.17) is 5.84 Å². The van der Waals surface area contributed by atoms with Crippen LogP contribution in [0.5, 0.6) is 0 Å². The zero-order chi connectivity index (χ0) is 12.3. The Labute approximate surface area is 101 Å². The van der Waals surface area contributed by atoms with Gasteiger partial charge >= 0.3 is 0 Å². The molecule has 0 radical (unpaired) electrons. The average Bonchev–Trinajstić information content (AvgIpc) is 2.30. The van der Waals surface area contributed by atoms with Gasteiger partial charge in [0.1, 0.15) is 6.33 Å². The smallest absolute Gasteiger partial charge is 0.115 e. The van der Waals surface area contributed by atoms with Crippen molar-refractivity contribution in [2.24, 2.45) is 5.84 Å². The lowest BCUT2D eigenvalue weighted by molar-refractivity contribution is 0.631. The molecule has 0 fully saturated rings. The Balaban J connectivity index is 2.42. The second-order valence-corrected chi connectivity index (χ2v) is 4.19. The van der Waals surface area contributed by atoms with E-state index in [-0.39, 0.29) is 6.04 Å². The predicted octanol–water partition coefficient (Wildman–Crippen LogP) is 1.65. The molecule has 0 spiro atoms. The molecule has 0 aliphatic heterocycles. The van der Waals surface area contributed by atoms with Gasteiger partial charge in [-0.2, -0.15) is 0 Å². The molecule has 17 heavy (non-hydrogen) atoms. The number of aryl methyl sites for hydroxylation is 2. The first-order chi connectivity index (χ1) is 8.20. The first kappa shape index (κ1) is 11.7. The third-order valence-corrected chi connectivity index (χ3v) is 2.66. The van der Waals surface area contributed by atoms with Gasteiger partial charge in [-0.1, -0.05) is 29.3 Å². The van der Waals surface area contributed by atoms with Crippen LogP contribution in [0, 0.1) is 13.8 Å². The van der Waals surface area contributed by atoms with E-state index in [2.05, 4.69) is 47.4 Å². The number of nitrogens with two attached hydrogens (primary N) is 1. The molecule has 1 aromatic heterocycles. The fourth-order valence-corrected chi connectivity index (χ4v) is 2.02. The van der Waals surface area contributed by atoms with Crippen LogP contribution >= 0.6 is 0 Å². The number of rotatable bonds is 3. The monoisotopic (exact) mass is 228 g/mol. The molecule has 2 rings (SSSR count). The summed E-state index contributed by atoms with van der Waals surface area (Å²) in [4.78, 5) is 8.03. The van der Waals surface area contributed by atoms with E-state index in [0.29, 0.717) is 0 Å². The van der Waals surface area contributed by atoms with Gasteiger partial charge in [0.25, 0.3) is 0 Å². The largest absolute Gasteiger partial charge is 0.271 e. The highest BCUT2D eigenvalue weighted by Crippen LogP contribution is 2.22. The van der Waals surface area contributed by atoms with Crippen LogP contribution in [-0.4, -0.2) is 9.97 Å². The van der Waals surface area contributed by atoms with Gasteiger partial charge in [0.15, 0.2) is 0 Å². The van der Waals surface area contributed by atoms with E-state index in [1.807, 2.05) is 0 Å². The van der Waals surface area contributed by atoms with Crippen molar-refractivity contribution in [1.29, 1.82) is 0 Å². The lowest BCUT2D eigenvalue weighted by atomic mass is 9.98. The highest BCUT2D eigenvalue weighted by molar-refractivity contribution is 5.35. The quantitative estimate of drug-likeness (QED) is 0.619. The van der Waals surface area contributed by atoms with Gasteiger partial charge in [-0.3, -0.25) is 5.84 Å².